The SMILES string of the molecule is CCN(CC(=O)O)C1CCN(C(=O)NCCc2ccc3ccccc3c2)CC1. The monoisotopic (exact) mass is 383 g/mol. The van der Waals surface area contributed by atoms with E-state index in [2.05, 4.69) is 35.6 Å². The van der Waals surface area contributed by atoms with E-state index in [1.807, 2.05) is 28.9 Å². The van der Waals surface area contributed by atoms with Gasteiger partial charge in [0.1, 0.15) is 0 Å². The van der Waals surface area contributed by atoms with E-state index in [0.717, 1.165) is 25.8 Å². The Morgan fingerprint density at radius 2 is 1.86 bits per heavy atom. The third-order valence-electron chi connectivity index (χ3n) is 5.52. The number of nitrogens with zero attached hydrogens (tertiary/aromatic N) is 2. The summed E-state index contributed by atoms with van der Waals surface area (Å²) in [5, 5.41) is 14.5. The van der Waals surface area contributed by atoms with Crippen molar-refractivity contribution in [3.05, 3.63) is 48.0 Å². The zero-order chi connectivity index (χ0) is 19.9. The lowest BCUT2D eigenvalue weighted by Crippen LogP contribution is -2.50. The van der Waals surface area contributed by atoms with Gasteiger partial charge in [-0.3, -0.25) is 9.69 Å². The first-order valence-electron chi connectivity index (χ1n) is 10.0. The number of hydrogen-bond donors (Lipinski definition) is 2. The van der Waals surface area contributed by atoms with Crippen molar-refractivity contribution < 1.29 is 14.7 Å². The fourth-order valence-electron chi connectivity index (χ4n) is 3.93. The molecule has 0 atom stereocenters. The Bertz CT molecular complexity index is 816. The smallest absolute Gasteiger partial charge is 0.317 e. The van der Waals surface area contributed by atoms with Crippen LogP contribution in [-0.2, 0) is 11.2 Å². The molecule has 28 heavy (non-hydrogen) atoms. The van der Waals surface area contributed by atoms with Gasteiger partial charge in [-0.1, -0.05) is 49.4 Å². The largest absolute Gasteiger partial charge is 0.480 e. The summed E-state index contributed by atoms with van der Waals surface area (Å²) in [7, 11) is 0. The average molecular weight is 383 g/mol. The fraction of sp³-hybridized carbons (Fsp3) is 0.455. The van der Waals surface area contributed by atoms with Gasteiger partial charge >= 0.3 is 12.0 Å². The molecule has 6 heteroatoms. The number of carboxylic acids is 1. The number of likely N-dealkylation sites (tertiary alicyclic amines) is 1. The van der Waals surface area contributed by atoms with Crippen LogP contribution in [0.25, 0.3) is 10.8 Å². The number of carbonyl (C=O) groups excluding carboxylic acids is 1. The van der Waals surface area contributed by atoms with Crippen LogP contribution in [0.4, 0.5) is 4.79 Å². The molecule has 0 saturated carbocycles. The molecule has 150 valence electrons. The van der Waals surface area contributed by atoms with Crippen molar-refractivity contribution in [3.8, 4) is 0 Å². The Morgan fingerprint density at radius 1 is 1.14 bits per heavy atom. The van der Waals surface area contributed by atoms with E-state index in [1.54, 1.807) is 0 Å². The quantitative estimate of drug-likeness (QED) is 0.771. The number of likely N-dealkylation sites (N-methyl/N-ethyl adjacent to an activating group) is 1. The molecule has 1 aliphatic heterocycles. The molecule has 1 fully saturated rings. The first-order valence-corrected chi connectivity index (χ1v) is 10.0. The second-order valence-corrected chi connectivity index (χ2v) is 7.34. The second-order valence-electron chi connectivity index (χ2n) is 7.34. The van der Waals surface area contributed by atoms with Gasteiger partial charge in [0.2, 0.25) is 0 Å². The minimum Gasteiger partial charge on any atom is -0.480 e. The van der Waals surface area contributed by atoms with Crippen LogP contribution < -0.4 is 5.32 Å². The molecule has 0 radical (unpaired) electrons. The summed E-state index contributed by atoms with van der Waals surface area (Å²) < 4.78 is 0. The summed E-state index contributed by atoms with van der Waals surface area (Å²) in [5.41, 5.74) is 1.21. The number of carbonyl (C=O) groups is 2. The van der Waals surface area contributed by atoms with Crippen molar-refractivity contribution in [2.24, 2.45) is 0 Å². The van der Waals surface area contributed by atoms with Crippen LogP contribution in [0.2, 0.25) is 0 Å². The van der Waals surface area contributed by atoms with E-state index in [1.165, 1.54) is 16.3 Å². The van der Waals surface area contributed by atoms with E-state index in [-0.39, 0.29) is 18.6 Å². The van der Waals surface area contributed by atoms with Gasteiger partial charge in [0, 0.05) is 25.7 Å². The summed E-state index contributed by atoms with van der Waals surface area (Å²) in [4.78, 5) is 27.2. The lowest BCUT2D eigenvalue weighted by molar-refractivity contribution is -0.139. The Hall–Kier alpha value is -2.60. The van der Waals surface area contributed by atoms with Crippen LogP contribution in [0.1, 0.15) is 25.3 Å². The molecular formula is C22H29N3O3. The van der Waals surface area contributed by atoms with E-state index >= 15 is 0 Å². The van der Waals surface area contributed by atoms with Crippen molar-refractivity contribution in [3.63, 3.8) is 0 Å². The number of hydrogen-bond acceptors (Lipinski definition) is 3. The average Bonchev–Trinajstić information content (AvgIpc) is 2.72. The maximum absolute atomic E-state index is 12.4. The molecule has 6 nitrogen and oxygen atoms in total. The molecule has 0 aliphatic carbocycles. The van der Waals surface area contributed by atoms with Gasteiger partial charge in [-0.25, -0.2) is 4.79 Å². The van der Waals surface area contributed by atoms with E-state index < -0.39 is 5.97 Å². The molecular weight excluding hydrogens is 354 g/mol. The number of piperidine rings is 1. The molecule has 1 heterocycles. The van der Waals surface area contributed by atoms with E-state index in [9.17, 15) is 9.59 Å². The highest BCUT2D eigenvalue weighted by molar-refractivity contribution is 5.83. The van der Waals surface area contributed by atoms with Crippen LogP contribution in [0.3, 0.4) is 0 Å². The number of urea groups is 1. The third-order valence-corrected chi connectivity index (χ3v) is 5.52. The molecule has 0 aromatic heterocycles. The van der Waals surface area contributed by atoms with Gasteiger partial charge < -0.3 is 15.3 Å². The number of fused-ring (bicyclic) bond motifs is 1. The minimum atomic E-state index is -0.796. The Balaban J connectivity index is 1.43. The number of carboxylic acid groups (broad SMARTS) is 1. The minimum absolute atomic E-state index is 0.0273. The van der Waals surface area contributed by atoms with Crippen molar-refractivity contribution in [1.82, 2.24) is 15.1 Å². The highest BCUT2D eigenvalue weighted by Gasteiger charge is 2.27. The molecule has 1 saturated heterocycles. The third kappa shape index (κ3) is 5.23. The Labute approximate surface area is 166 Å². The summed E-state index contributed by atoms with van der Waals surface area (Å²) in [6, 6.07) is 14.9. The van der Waals surface area contributed by atoms with Crippen LogP contribution in [0.5, 0.6) is 0 Å². The van der Waals surface area contributed by atoms with Gasteiger partial charge in [-0.2, -0.15) is 0 Å². The van der Waals surface area contributed by atoms with Crippen molar-refractivity contribution in [2.75, 3.05) is 32.7 Å². The molecule has 2 amide bonds. The van der Waals surface area contributed by atoms with Crippen LogP contribution >= 0.6 is 0 Å². The summed E-state index contributed by atoms with van der Waals surface area (Å²) in [6.45, 7) is 4.71. The molecule has 2 aromatic carbocycles. The first-order chi connectivity index (χ1) is 13.6. The van der Waals surface area contributed by atoms with Gasteiger partial charge in [-0.15, -0.1) is 0 Å². The lowest BCUT2D eigenvalue weighted by Gasteiger charge is -2.37. The number of nitrogens with one attached hydrogen (secondary N) is 1. The first kappa shape index (κ1) is 20.1. The van der Waals surface area contributed by atoms with Crippen molar-refractivity contribution in [2.45, 2.75) is 32.2 Å². The van der Waals surface area contributed by atoms with Crippen LogP contribution in [-0.4, -0.2) is 65.7 Å². The number of aliphatic carboxylic acids is 1. The Kier molecular flexibility index (Phi) is 6.87. The maximum atomic E-state index is 12.4. The predicted octanol–water partition coefficient (Wildman–Crippen LogP) is 2.96. The zero-order valence-electron chi connectivity index (χ0n) is 16.4. The predicted molar refractivity (Wildman–Crippen MR) is 111 cm³/mol. The molecule has 2 aromatic rings. The van der Waals surface area contributed by atoms with Crippen LogP contribution in [0.15, 0.2) is 42.5 Å². The lowest BCUT2D eigenvalue weighted by atomic mass is 10.0. The van der Waals surface area contributed by atoms with Crippen molar-refractivity contribution >= 4 is 22.8 Å². The molecule has 0 bridgehead atoms. The topological polar surface area (TPSA) is 72.9 Å². The van der Waals surface area contributed by atoms with Gasteiger partial charge in [0.15, 0.2) is 0 Å². The molecule has 3 rings (SSSR count). The summed E-state index contributed by atoms with van der Waals surface area (Å²) in [5.74, 6) is -0.796. The fourth-order valence-corrected chi connectivity index (χ4v) is 3.93. The van der Waals surface area contributed by atoms with Gasteiger partial charge in [-0.05, 0) is 42.1 Å². The van der Waals surface area contributed by atoms with E-state index in [4.69, 9.17) is 5.11 Å². The summed E-state index contributed by atoms with van der Waals surface area (Å²) >= 11 is 0. The van der Waals surface area contributed by atoms with E-state index in [0.29, 0.717) is 19.6 Å². The van der Waals surface area contributed by atoms with Crippen molar-refractivity contribution in [1.29, 1.82) is 0 Å². The standard InChI is InChI=1S/C22H29N3O3/c1-2-24(16-21(26)27)20-10-13-25(14-11-20)22(28)23-12-9-17-7-8-18-5-3-4-6-19(18)15-17/h3-8,15,20H,2,9-14,16H2,1H3,(H,23,28)(H,26,27). The number of amides is 2. The van der Waals surface area contributed by atoms with Gasteiger partial charge in [0.25, 0.3) is 0 Å². The molecule has 0 unspecified atom stereocenters. The molecule has 2 N–H and O–H groups in total. The number of rotatable bonds is 7. The van der Waals surface area contributed by atoms with Crippen LogP contribution in [0, 0.1) is 0 Å². The Morgan fingerprint density at radius 3 is 2.54 bits per heavy atom. The maximum Gasteiger partial charge on any atom is 0.317 e. The highest BCUT2D eigenvalue weighted by atomic mass is 16.4. The second kappa shape index (κ2) is 9.55. The summed E-state index contributed by atoms with van der Waals surface area (Å²) in [6.07, 6.45) is 2.44. The van der Waals surface area contributed by atoms with Gasteiger partial charge in [0.05, 0.1) is 6.54 Å². The number of benzene rings is 2. The normalized spacial score (nSPS) is 15.1. The highest BCUT2D eigenvalue weighted by Crippen LogP contribution is 2.17. The molecule has 1 aliphatic rings. The zero-order valence-corrected chi connectivity index (χ0v) is 16.4. The molecule has 0 spiro atoms.